The van der Waals surface area contributed by atoms with Gasteiger partial charge in [-0.1, -0.05) is 24.3 Å². The molecule has 27 heavy (non-hydrogen) atoms. The Balaban J connectivity index is 1.51. The lowest BCUT2D eigenvalue weighted by atomic mass is 10.1. The van der Waals surface area contributed by atoms with Gasteiger partial charge in [-0.25, -0.2) is 4.68 Å². The summed E-state index contributed by atoms with van der Waals surface area (Å²) in [5.74, 6) is 0.0842. The minimum atomic E-state index is 0.0842. The van der Waals surface area contributed by atoms with Crippen LogP contribution in [0.1, 0.15) is 22.8 Å². The monoisotopic (exact) mass is 360 g/mol. The SMILES string of the molecule is Cc1ccccc1N1CCN(C(=O)c2cccc(-n3cccn3)c2)[C@@H](C)C1. The van der Waals surface area contributed by atoms with Crippen molar-refractivity contribution in [3.05, 3.63) is 78.1 Å². The van der Waals surface area contributed by atoms with Gasteiger partial charge >= 0.3 is 0 Å². The summed E-state index contributed by atoms with van der Waals surface area (Å²) in [6, 6.07) is 18.1. The summed E-state index contributed by atoms with van der Waals surface area (Å²) in [6.45, 7) is 6.67. The zero-order valence-electron chi connectivity index (χ0n) is 15.7. The number of carbonyl (C=O) groups excluding carboxylic acids is 1. The molecule has 1 saturated heterocycles. The van der Waals surface area contributed by atoms with Crippen molar-refractivity contribution >= 4 is 11.6 Å². The van der Waals surface area contributed by atoms with E-state index in [4.69, 9.17) is 0 Å². The Bertz CT molecular complexity index is 935. The number of aromatic nitrogens is 2. The van der Waals surface area contributed by atoms with E-state index in [2.05, 4.69) is 48.1 Å². The minimum absolute atomic E-state index is 0.0842. The summed E-state index contributed by atoms with van der Waals surface area (Å²) in [5, 5.41) is 4.25. The largest absolute Gasteiger partial charge is 0.367 e. The maximum atomic E-state index is 13.1. The lowest BCUT2D eigenvalue weighted by molar-refractivity contribution is 0.0674. The van der Waals surface area contributed by atoms with Gasteiger partial charge in [0.1, 0.15) is 0 Å². The zero-order chi connectivity index (χ0) is 18.8. The summed E-state index contributed by atoms with van der Waals surface area (Å²) in [6.07, 6.45) is 3.62. The van der Waals surface area contributed by atoms with Crippen molar-refractivity contribution < 1.29 is 4.79 Å². The maximum Gasteiger partial charge on any atom is 0.254 e. The van der Waals surface area contributed by atoms with Crippen LogP contribution in [0.5, 0.6) is 0 Å². The molecule has 5 heteroatoms. The molecule has 0 unspecified atom stereocenters. The van der Waals surface area contributed by atoms with Crippen molar-refractivity contribution in [1.82, 2.24) is 14.7 Å². The van der Waals surface area contributed by atoms with Gasteiger partial charge in [-0.2, -0.15) is 5.10 Å². The minimum Gasteiger partial charge on any atom is -0.367 e. The number of carbonyl (C=O) groups is 1. The highest BCUT2D eigenvalue weighted by molar-refractivity contribution is 5.95. The number of nitrogens with zero attached hydrogens (tertiary/aromatic N) is 4. The van der Waals surface area contributed by atoms with Gasteiger partial charge in [-0.05, 0) is 49.7 Å². The standard InChI is InChI=1S/C22H24N4O/c1-17-7-3-4-10-21(17)24-13-14-25(18(2)16-24)22(27)19-8-5-9-20(15-19)26-12-6-11-23-26/h3-12,15,18H,13-14,16H2,1-2H3/t18-/m0/s1. The highest BCUT2D eigenvalue weighted by Crippen LogP contribution is 2.24. The fourth-order valence-electron chi connectivity index (χ4n) is 3.77. The van der Waals surface area contributed by atoms with Crippen LogP contribution in [-0.4, -0.2) is 46.3 Å². The second-order valence-corrected chi connectivity index (χ2v) is 7.08. The Labute approximate surface area is 159 Å². The van der Waals surface area contributed by atoms with Crippen LogP contribution in [0.3, 0.4) is 0 Å². The molecule has 3 aromatic rings. The number of anilines is 1. The quantitative estimate of drug-likeness (QED) is 0.717. The van der Waals surface area contributed by atoms with Crippen LogP contribution in [-0.2, 0) is 0 Å². The number of hydrogen-bond donors (Lipinski definition) is 0. The molecule has 1 fully saturated rings. The summed E-state index contributed by atoms with van der Waals surface area (Å²) in [5.41, 5.74) is 4.14. The summed E-state index contributed by atoms with van der Waals surface area (Å²) in [7, 11) is 0. The van der Waals surface area contributed by atoms with Crippen molar-refractivity contribution in [2.24, 2.45) is 0 Å². The first kappa shape index (κ1) is 17.3. The molecular formula is C22H24N4O. The topological polar surface area (TPSA) is 41.4 Å². The van der Waals surface area contributed by atoms with Crippen LogP contribution in [0.4, 0.5) is 5.69 Å². The van der Waals surface area contributed by atoms with Crippen LogP contribution in [0.25, 0.3) is 5.69 Å². The van der Waals surface area contributed by atoms with E-state index in [0.29, 0.717) is 5.56 Å². The van der Waals surface area contributed by atoms with Crippen molar-refractivity contribution in [2.75, 3.05) is 24.5 Å². The molecule has 1 aliphatic rings. The van der Waals surface area contributed by atoms with E-state index in [0.717, 1.165) is 25.3 Å². The van der Waals surface area contributed by atoms with Gasteiger partial charge in [0.05, 0.1) is 5.69 Å². The van der Waals surface area contributed by atoms with Crippen molar-refractivity contribution in [1.29, 1.82) is 0 Å². The lowest BCUT2D eigenvalue weighted by Gasteiger charge is -2.41. The second kappa shape index (κ2) is 7.27. The number of piperazine rings is 1. The van der Waals surface area contributed by atoms with Crippen LogP contribution in [0.2, 0.25) is 0 Å². The van der Waals surface area contributed by atoms with Gasteiger partial charge in [0.25, 0.3) is 5.91 Å². The zero-order valence-corrected chi connectivity index (χ0v) is 15.7. The molecule has 0 radical (unpaired) electrons. The first-order valence-corrected chi connectivity index (χ1v) is 9.35. The Hall–Kier alpha value is -3.08. The van der Waals surface area contributed by atoms with E-state index in [1.165, 1.54) is 11.3 Å². The second-order valence-electron chi connectivity index (χ2n) is 7.08. The summed E-state index contributed by atoms with van der Waals surface area (Å²) in [4.78, 5) is 17.5. The van der Waals surface area contributed by atoms with E-state index >= 15 is 0 Å². The predicted molar refractivity (Wildman–Crippen MR) is 107 cm³/mol. The summed E-state index contributed by atoms with van der Waals surface area (Å²) >= 11 is 0. The molecular weight excluding hydrogens is 336 g/mol. The van der Waals surface area contributed by atoms with Gasteiger partial charge in [0.15, 0.2) is 0 Å². The number of benzene rings is 2. The third kappa shape index (κ3) is 3.45. The molecule has 5 nitrogen and oxygen atoms in total. The van der Waals surface area contributed by atoms with Gasteiger partial charge in [-0.15, -0.1) is 0 Å². The molecule has 1 aromatic heterocycles. The van der Waals surface area contributed by atoms with Gasteiger partial charge in [0.2, 0.25) is 0 Å². The Kier molecular flexibility index (Phi) is 4.67. The van der Waals surface area contributed by atoms with Crippen molar-refractivity contribution in [2.45, 2.75) is 19.9 Å². The molecule has 0 aliphatic carbocycles. The smallest absolute Gasteiger partial charge is 0.254 e. The van der Waals surface area contributed by atoms with Gasteiger partial charge < -0.3 is 9.80 Å². The predicted octanol–water partition coefficient (Wildman–Crippen LogP) is 3.53. The Morgan fingerprint density at radius 2 is 1.93 bits per heavy atom. The molecule has 0 saturated carbocycles. The fourth-order valence-corrected chi connectivity index (χ4v) is 3.77. The van der Waals surface area contributed by atoms with Crippen molar-refractivity contribution in [3.63, 3.8) is 0 Å². The Morgan fingerprint density at radius 3 is 2.67 bits per heavy atom. The molecule has 138 valence electrons. The molecule has 0 spiro atoms. The number of aryl methyl sites for hydroxylation is 1. The van der Waals surface area contributed by atoms with Crippen LogP contribution in [0.15, 0.2) is 67.0 Å². The molecule has 0 bridgehead atoms. The molecule has 1 atom stereocenters. The fraction of sp³-hybridized carbons (Fsp3) is 0.273. The van der Waals surface area contributed by atoms with E-state index in [1.807, 2.05) is 41.4 Å². The number of para-hydroxylation sites is 1. The highest BCUT2D eigenvalue weighted by Gasteiger charge is 2.28. The molecule has 4 rings (SSSR count). The highest BCUT2D eigenvalue weighted by atomic mass is 16.2. The number of rotatable bonds is 3. The number of hydrogen-bond acceptors (Lipinski definition) is 3. The normalized spacial score (nSPS) is 17.2. The number of amides is 1. The van der Waals surface area contributed by atoms with Crippen LogP contribution >= 0.6 is 0 Å². The summed E-state index contributed by atoms with van der Waals surface area (Å²) < 4.78 is 1.77. The Morgan fingerprint density at radius 1 is 1.07 bits per heavy atom. The van der Waals surface area contributed by atoms with E-state index in [-0.39, 0.29) is 11.9 Å². The van der Waals surface area contributed by atoms with E-state index in [1.54, 1.807) is 10.9 Å². The van der Waals surface area contributed by atoms with Crippen molar-refractivity contribution in [3.8, 4) is 5.69 Å². The molecule has 2 aromatic carbocycles. The van der Waals surface area contributed by atoms with Crippen LogP contribution in [0, 0.1) is 6.92 Å². The average Bonchev–Trinajstić information content (AvgIpc) is 3.23. The molecule has 0 N–H and O–H groups in total. The first-order valence-electron chi connectivity index (χ1n) is 9.35. The maximum absolute atomic E-state index is 13.1. The molecule has 2 heterocycles. The van der Waals surface area contributed by atoms with E-state index < -0.39 is 0 Å². The average molecular weight is 360 g/mol. The van der Waals surface area contributed by atoms with Gasteiger partial charge in [0, 0.05) is 49.3 Å². The lowest BCUT2D eigenvalue weighted by Crippen LogP contribution is -2.54. The van der Waals surface area contributed by atoms with Crippen LogP contribution < -0.4 is 4.90 Å². The molecule has 1 amide bonds. The van der Waals surface area contributed by atoms with E-state index in [9.17, 15) is 4.79 Å². The third-order valence-electron chi connectivity index (χ3n) is 5.21. The van der Waals surface area contributed by atoms with Gasteiger partial charge in [-0.3, -0.25) is 4.79 Å². The first-order chi connectivity index (χ1) is 13.1. The third-order valence-corrected chi connectivity index (χ3v) is 5.21. The molecule has 1 aliphatic heterocycles.